The minimum Gasteiger partial charge on any atom is -0.507 e. The van der Waals surface area contributed by atoms with Gasteiger partial charge in [-0.15, -0.1) is 0 Å². The van der Waals surface area contributed by atoms with Gasteiger partial charge in [-0.05, 0) is 66.4 Å². The summed E-state index contributed by atoms with van der Waals surface area (Å²) < 4.78 is 5.82. The van der Waals surface area contributed by atoms with Gasteiger partial charge in [0.2, 0.25) is 0 Å². The summed E-state index contributed by atoms with van der Waals surface area (Å²) >= 11 is 6.09. The smallest absolute Gasteiger partial charge is 0.295 e. The zero-order valence-corrected chi connectivity index (χ0v) is 20.5. The van der Waals surface area contributed by atoms with Crippen LogP contribution in [0.2, 0.25) is 5.02 Å². The van der Waals surface area contributed by atoms with E-state index in [1.165, 1.54) is 4.90 Å². The maximum atomic E-state index is 13.2. The molecule has 0 radical (unpaired) electrons. The van der Waals surface area contributed by atoms with E-state index in [9.17, 15) is 14.7 Å². The van der Waals surface area contributed by atoms with Crippen LogP contribution in [0.25, 0.3) is 5.76 Å². The van der Waals surface area contributed by atoms with Gasteiger partial charge in [-0.2, -0.15) is 0 Å². The monoisotopic (exact) mass is 490 g/mol. The summed E-state index contributed by atoms with van der Waals surface area (Å²) in [4.78, 5) is 31.9. The molecule has 0 bridgehead atoms. The molecule has 6 nitrogen and oxygen atoms in total. The molecule has 1 fully saturated rings. The summed E-state index contributed by atoms with van der Waals surface area (Å²) in [5, 5.41) is 11.8. The van der Waals surface area contributed by atoms with Crippen molar-refractivity contribution in [3.63, 3.8) is 0 Å². The fourth-order valence-electron chi connectivity index (χ4n) is 4.16. The van der Waals surface area contributed by atoms with Crippen molar-refractivity contribution in [1.29, 1.82) is 0 Å². The summed E-state index contributed by atoms with van der Waals surface area (Å²) in [5.74, 6) is -0.902. The van der Waals surface area contributed by atoms with Crippen molar-refractivity contribution in [2.75, 3.05) is 6.61 Å². The Kier molecular flexibility index (Phi) is 7.51. The van der Waals surface area contributed by atoms with Gasteiger partial charge in [0.25, 0.3) is 11.7 Å². The molecule has 1 atom stereocenters. The Morgan fingerprint density at radius 1 is 1.14 bits per heavy atom. The Labute approximate surface area is 209 Å². The fourth-order valence-corrected chi connectivity index (χ4v) is 4.29. The van der Waals surface area contributed by atoms with Gasteiger partial charge >= 0.3 is 0 Å². The van der Waals surface area contributed by atoms with Crippen molar-refractivity contribution in [2.45, 2.75) is 39.3 Å². The highest BCUT2D eigenvalue weighted by Gasteiger charge is 2.46. The number of pyridine rings is 1. The quantitative estimate of drug-likeness (QED) is 0.185. The van der Waals surface area contributed by atoms with Gasteiger partial charge in [0.05, 0.1) is 18.2 Å². The molecular formula is C28H27ClN2O4. The molecule has 2 heterocycles. The van der Waals surface area contributed by atoms with Crippen LogP contribution in [-0.4, -0.2) is 33.3 Å². The number of likely N-dealkylation sites (tertiary alicyclic amines) is 1. The normalized spacial score (nSPS) is 17.1. The predicted molar refractivity (Wildman–Crippen MR) is 135 cm³/mol. The molecule has 7 heteroatoms. The van der Waals surface area contributed by atoms with Crippen LogP contribution in [0.5, 0.6) is 5.75 Å². The number of hydrogen-bond acceptors (Lipinski definition) is 5. The molecule has 1 aliphatic rings. The summed E-state index contributed by atoms with van der Waals surface area (Å²) in [6.45, 7) is 4.76. The number of aryl methyl sites for hydroxylation is 1. The van der Waals surface area contributed by atoms with Crippen LogP contribution in [0.4, 0.5) is 0 Å². The number of halogens is 1. The Morgan fingerprint density at radius 3 is 2.57 bits per heavy atom. The lowest BCUT2D eigenvalue weighted by molar-refractivity contribution is -0.140. The average molecular weight is 491 g/mol. The van der Waals surface area contributed by atoms with Gasteiger partial charge < -0.3 is 14.7 Å². The van der Waals surface area contributed by atoms with Crippen LogP contribution in [0, 0.1) is 6.92 Å². The number of amides is 1. The number of aliphatic hydroxyl groups is 1. The minimum atomic E-state index is -0.770. The first-order valence-corrected chi connectivity index (χ1v) is 11.9. The second-order valence-electron chi connectivity index (χ2n) is 8.52. The fraction of sp³-hybridized carbons (Fsp3) is 0.250. The number of aliphatic hydroxyl groups excluding tert-OH is 1. The molecular weight excluding hydrogens is 464 g/mol. The van der Waals surface area contributed by atoms with Gasteiger partial charge in [-0.1, -0.05) is 43.1 Å². The molecule has 2 aromatic carbocycles. The van der Waals surface area contributed by atoms with Crippen molar-refractivity contribution in [1.82, 2.24) is 9.88 Å². The molecule has 180 valence electrons. The molecule has 0 saturated carbocycles. The van der Waals surface area contributed by atoms with Gasteiger partial charge in [0, 0.05) is 29.5 Å². The lowest BCUT2D eigenvalue weighted by atomic mass is 9.94. The topological polar surface area (TPSA) is 79.7 Å². The van der Waals surface area contributed by atoms with Gasteiger partial charge in [0.15, 0.2) is 0 Å². The van der Waals surface area contributed by atoms with Crippen LogP contribution < -0.4 is 4.74 Å². The average Bonchev–Trinajstić information content (AvgIpc) is 3.10. The first-order valence-electron chi connectivity index (χ1n) is 11.6. The van der Waals surface area contributed by atoms with Gasteiger partial charge in [0.1, 0.15) is 11.5 Å². The number of ketones is 1. The molecule has 1 aromatic heterocycles. The van der Waals surface area contributed by atoms with E-state index >= 15 is 0 Å². The van der Waals surface area contributed by atoms with E-state index in [-0.39, 0.29) is 17.9 Å². The van der Waals surface area contributed by atoms with Gasteiger partial charge in [-0.25, -0.2) is 0 Å². The zero-order valence-electron chi connectivity index (χ0n) is 19.7. The Balaban J connectivity index is 1.77. The number of benzene rings is 2. The highest BCUT2D eigenvalue weighted by molar-refractivity contribution is 6.46. The zero-order chi connectivity index (χ0) is 24.9. The molecule has 0 unspecified atom stereocenters. The third-order valence-electron chi connectivity index (χ3n) is 6.01. The second-order valence-corrected chi connectivity index (χ2v) is 8.96. The summed E-state index contributed by atoms with van der Waals surface area (Å²) in [6.07, 6.45) is 5.27. The number of carbonyl (C=O) groups excluding carboxylic acids is 2. The highest BCUT2D eigenvalue weighted by Crippen LogP contribution is 2.41. The maximum Gasteiger partial charge on any atom is 0.295 e. The molecule has 4 rings (SSSR count). The van der Waals surface area contributed by atoms with Crippen LogP contribution in [0.15, 0.2) is 72.6 Å². The number of carbonyl (C=O) groups is 2. The highest BCUT2D eigenvalue weighted by atomic mass is 35.5. The number of ether oxygens (including phenoxy) is 1. The van der Waals surface area contributed by atoms with Crippen LogP contribution >= 0.6 is 11.6 Å². The molecule has 3 aromatic rings. The first-order chi connectivity index (χ1) is 16.9. The Bertz CT molecular complexity index is 1260. The standard InChI is InChI=1S/C28H27ClN2O4/c1-3-4-14-35-23-12-9-21(15-18(23)2)26(32)24-25(20-7-10-22(29)11-8-20)31(28(34)27(24)33)17-19-6-5-13-30-16-19/h5-13,15-16,25,32H,3-4,14,17H2,1-2H3/b26-24+/t25-/m1/s1. The molecule has 0 aliphatic carbocycles. The predicted octanol–water partition coefficient (Wildman–Crippen LogP) is 5.84. The summed E-state index contributed by atoms with van der Waals surface area (Å²) in [5.41, 5.74) is 2.77. The molecule has 1 saturated heterocycles. The van der Waals surface area contributed by atoms with E-state index in [1.807, 2.05) is 13.0 Å². The number of rotatable bonds is 8. The molecule has 1 aliphatic heterocycles. The SMILES string of the molecule is CCCCOc1ccc(/C(O)=C2\C(=O)C(=O)N(Cc3cccnc3)[C@@H]2c2ccc(Cl)cc2)cc1C. The Hall–Kier alpha value is -3.64. The van der Waals surface area contributed by atoms with Crippen molar-refractivity contribution in [3.8, 4) is 5.75 Å². The molecule has 1 amide bonds. The van der Waals surface area contributed by atoms with E-state index in [0.717, 1.165) is 29.7 Å². The third-order valence-corrected chi connectivity index (χ3v) is 6.26. The van der Waals surface area contributed by atoms with Crippen LogP contribution in [0.3, 0.4) is 0 Å². The van der Waals surface area contributed by atoms with E-state index in [0.29, 0.717) is 22.8 Å². The third kappa shape index (κ3) is 5.23. The largest absolute Gasteiger partial charge is 0.507 e. The minimum absolute atomic E-state index is 0.0419. The van der Waals surface area contributed by atoms with E-state index in [1.54, 1.807) is 60.9 Å². The number of Topliss-reactive ketones (excluding diaryl/α,β-unsaturated/α-hetero) is 1. The number of unbranched alkanes of at least 4 members (excludes halogenated alkanes) is 1. The van der Waals surface area contributed by atoms with Crippen molar-refractivity contribution >= 4 is 29.1 Å². The number of hydrogen-bond donors (Lipinski definition) is 1. The number of aromatic nitrogens is 1. The van der Waals surface area contributed by atoms with Crippen molar-refractivity contribution in [2.24, 2.45) is 0 Å². The summed E-state index contributed by atoms with van der Waals surface area (Å²) in [6, 6.07) is 15.0. The van der Waals surface area contributed by atoms with Crippen molar-refractivity contribution in [3.05, 3.63) is 99.8 Å². The molecule has 35 heavy (non-hydrogen) atoms. The Morgan fingerprint density at radius 2 is 1.91 bits per heavy atom. The van der Waals surface area contributed by atoms with E-state index < -0.39 is 17.7 Å². The van der Waals surface area contributed by atoms with Gasteiger partial charge in [-0.3, -0.25) is 14.6 Å². The molecule has 1 N–H and O–H groups in total. The second kappa shape index (κ2) is 10.7. The number of nitrogens with zero attached hydrogens (tertiary/aromatic N) is 2. The van der Waals surface area contributed by atoms with E-state index in [4.69, 9.17) is 16.3 Å². The van der Waals surface area contributed by atoms with Crippen molar-refractivity contribution < 1.29 is 19.4 Å². The van der Waals surface area contributed by atoms with Crippen LogP contribution in [0.1, 0.15) is 48.1 Å². The summed E-state index contributed by atoms with van der Waals surface area (Å²) in [7, 11) is 0. The van der Waals surface area contributed by atoms with Crippen LogP contribution in [-0.2, 0) is 16.1 Å². The first kappa shape index (κ1) is 24.5. The maximum absolute atomic E-state index is 13.2. The lowest BCUT2D eigenvalue weighted by Crippen LogP contribution is -2.29. The van der Waals surface area contributed by atoms with E-state index in [2.05, 4.69) is 11.9 Å². The lowest BCUT2D eigenvalue weighted by Gasteiger charge is -2.25. The molecule has 0 spiro atoms.